The topological polar surface area (TPSA) is 65.9 Å². The van der Waals surface area contributed by atoms with E-state index in [1.165, 1.54) is 6.07 Å². The number of aliphatic hydroxyl groups is 1. The van der Waals surface area contributed by atoms with Crippen molar-refractivity contribution in [3.8, 4) is 0 Å². The predicted molar refractivity (Wildman–Crippen MR) is 102 cm³/mol. The first kappa shape index (κ1) is 22.1. The average molecular weight is 439 g/mol. The fraction of sp³-hybridized carbons (Fsp3) is 0.562. The Kier molecular flexibility index (Phi) is 10.3. The van der Waals surface area contributed by atoms with E-state index in [1.54, 1.807) is 19.2 Å². The summed E-state index contributed by atoms with van der Waals surface area (Å²) < 4.78 is 18.7. The number of nitrogens with one attached hydrogen (secondary N) is 2. The van der Waals surface area contributed by atoms with E-state index in [-0.39, 0.29) is 41.7 Å². The Hall–Kier alpha value is -0.930. The van der Waals surface area contributed by atoms with Crippen LogP contribution in [0.2, 0.25) is 0 Å². The SMILES string of the molecule is CCNC(=NCc1ccc(F)c(CO)c1)NCC(C)(C)OC.I. The van der Waals surface area contributed by atoms with Crippen LogP contribution in [0.4, 0.5) is 4.39 Å². The van der Waals surface area contributed by atoms with Gasteiger partial charge in [0.15, 0.2) is 5.96 Å². The van der Waals surface area contributed by atoms with Crippen LogP contribution in [0, 0.1) is 5.82 Å². The van der Waals surface area contributed by atoms with E-state index >= 15 is 0 Å². The Bertz CT molecular complexity index is 510. The monoisotopic (exact) mass is 439 g/mol. The molecule has 132 valence electrons. The van der Waals surface area contributed by atoms with Crippen LogP contribution < -0.4 is 10.6 Å². The molecule has 0 saturated carbocycles. The van der Waals surface area contributed by atoms with Gasteiger partial charge < -0.3 is 20.5 Å². The lowest BCUT2D eigenvalue weighted by molar-refractivity contribution is 0.0268. The molecule has 0 aliphatic heterocycles. The zero-order valence-corrected chi connectivity index (χ0v) is 16.5. The molecule has 5 nitrogen and oxygen atoms in total. The highest BCUT2D eigenvalue weighted by atomic mass is 127. The van der Waals surface area contributed by atoms with Crippen molar-refractivity contribution in [1.82, 2.24) is 10.6 Å². The summed E-state index contributed by atoms with van der Waals surface area (Å²) in [5.41, 5.74) is 0.829. The summed E-state index contributed by atoms with van der Waals surface area (Å²) in [6, 6.07) is 4.65. The number of halogens is 2. The Morgan fingerprint density at radius 3 is 2.61 bits per heavy atom. The third-order valence-corrected chi connectivity index (χ3v) is 3.28. The van der Waals surface area contributed by atoms with Crippen molar-refractivity contribution in [1.29, 1.82) is 0 Å². The van der Waals surface area contributed by atoms with Gasteiger partial charge in [-0.3, -0.25) is 0 Å². The van der Waals surface area contributed by atoms with E-state index in [4.69, 9.17) is 9.84 Å². The molecule has 23 heavy (non-hydrogen) atoms. The Labute approximate surface area is 154 Å². The average Bonchev–Trinajstić information content (AvgIpc) is 2.51. The maximum Gasteiger partial charge on any atom is 0.191 e. The number of guanidine groups is 1. The first-order valence-electron chi connectivity index (χ1n) is 7.37. The molecule has 0 unspecified atom stereocenters. The van der Waals surface area contributed by atoms with E-state index < -0.39 is 5.82 Å². The van der Waals surface area contributed by atoms with Gasteiger partial charge in [0.1, 0.15) is 5.82 Å². The molecule has 0 saturated heterocycles. The van der Waals surface area contributed by atoms with Crippen molar-refractivity contribution < 1.29 is 14.2 Å². The van der Waals surface area contributed by atoms with Gasteiger partial charge >= 0.3 is 0 Å². The number of hydrogen-bond acceptors (Lipinski definition) is 3. The first-order chi connectivity index (χ1) is 10.4. The van der Waals surface area contributed by atoms with Crippen LogP contribution in [-0.4, -0.2) is 36.9 Å². The van der Waals surface area contributed by atoms with Crippen LogP contribution in [0.25, 0.3) is 0 Å². The third kappa shape index (κ3) is 7.94. The molecular weight excluding hydrogens is 412 g/mol. The maximum absolute atomic E-state index is 13.3. The highest BCUT2D eigenvalue weighted by Gasteiger charge is 2.16. The quantitative estimate of drug-likeness (QED) is 0.347. The number of ether oxygens (including phenoxy) is 1. The van der Waals surface area contributed by atoms with Crippen molar-refractivity contribution in [2.45, 2.75) is 39.5 Å². The van der Waals surface area contributed by atoms with E-state index in [0.717, 1.165) is 12.1 Å². The zero-order chi connectivity index (χ0) is 16.6. The van der Waals surface area contributed by atoms with E-state index in [2.05, 4.69) is 15.6 Å². The second-order valence-corrected chi connectivity index (χ2v) is 5.60. The van der Waals surface area contributed by atoms with E-state index in [9.17, 15) is 4.39 Å². The number of methoxy groups -OCH3 is 1. The molecule has 7 heteroatoms. The molecule has 1 aromatic rings. The highest BCUT2D eigenvalue weighted by Crippen LogP contribution is 2.11. The van der Waals surface area contributed by atoms with Gasteiger partial charge in [0.2, 0.25) is 0 Å². The normalized spacial score (nSPS) is 11.8. The molecule has 3 N–H and O–H groups in total. The lowest BCUT2D eigenvalue weighted by Crippen LogP contribution is -2.45. The highest BCUT2D eigenvalue weighted by molar-refractivity contribution is 14.0. The molecule has 1 aromatic carbocycles. The molecule has 0 radical (unpaired) electrons. The van der Waals surface area contributed by atoms with Gasteiger partial charge in [0, 0.05) is 25.8 Å². The zero-order valence-electron chi connectivity index (χ0n) is 14.1. The molecule has 0 spiro atoms. The minimum Gasteiger partial charge on any atom is -0.392 e. The summed E-state index contributed by atoms with van der Waals surface area (Å²) in [7, 11) is 1.67. The van der Waals surface area contributed by atoms with E-state index in [0.29, 0.717) is 19.0 Å². The lowest BCUT2D eigenvalue weighted by atomic mass is 10.1. The van der Waals surface area contributed by atoms with Crippen molar-refractivity contribution in [3.63, 3.8) is 0 Å². The van der Waals surface area contributed by atoms with Crippen molar-refractivity contribution in [2.75, 3.05) is 20.2 Å². The second kappa shape index (κ2) is 10.8. The molecule has 0 amide bonds. The molecule has 0 heterocycles. The van der Waals surface area contributed by atoms with Crippen LogP contribution in [-0.2, 0) is 17.9 Å². The minimum atomic E-state index is -0.401. The number of rotatable bonds is 7. The van der Waals surface area contributed by atoms with Gasteiger partial charge in [-0.15, -0.1) is 24.0 Å². The van der Waals surface area contributed by atoms with Crippen LogP contribution in [0.5, 0.6) is 0 Å². The van der Waals surface area contributed by atoms with E-state index in [1.807, 2.05) is 20.8 Å². The van der Waals surface area contributed by atoms with Gasteiger partial charge in [-0.05, 0) is 38.5 Å². The minimum absolute atomic E-state index is 0. The van der Waals surface area contributed by atoms with Gasteiger partial charge in [-0.25, -0.2) is 9.38 Å². The molecule has 1 rings (SSSR count). The maximum atomic E-state index is 13.3. The summed E-state index contributed by atoms with van der Waals surface area (Å²) >= 11 is 0. The molecule has 0 fully saturated rings. The van der Waals surface area contributed by atoms with Crippen LogP contribution in [0.1, 0.15) is 31.9 Å². The number of aliphatic imine (C=N–C) groups is 1. The molecule has 0 aliphatic carbocycles. The number of hydrogen-bond donors (Lipinski definition) is 3. The molecule has 0 bridgehead atoms. The van der Waals surface area contributed by atoms with Crippen LogP contribution in [0.3, 0.4) is 0 Å². The fourth-order valence-corrected chi connectivity index (χ4v) is 1.73. The second-order valence-electron chi connectivity index (χ2n) is 5.60. The van der Waals surface area contributed by atoms with Crippen molar-refractivity contribution in [3.05, 3.63) is 35.1 Å². The summed E-state index contributed by atoms with van der Waals surface area (Å²) in [6.45, 7) is 7.39. The standard InChI is InChI=1S/C16H26FN3O2.HI/c1-5-18-15(20-11-16(2,3)22-4)19-9-12-6-7-14(17)13(8-12)10-21;/h6-8,21H,5,9-11H2,1-4H3,(H2,18,19,20);1H. The van der Waals surface area contributed by atoms with Gasteiger partial charge in [-0.1, -0.05) is 6.07 Å². The third-order valence-electron chi connectivity index (χ3n) is 3.28. The van der Waals surface area contributed by atoms with Crippen molar-refractivity contribution in [2.24, 2.45) is 4.99 Å². The van der Waals surface area contributed by atoms with Crippen molar-refractivity contribution >= 4 is 29.9 Å². The largest absolute Gasteiger partial charge is 0.392 e. The number of nitrogens with zero attached hydrogens (tertiary/aromatic N) is 1. The first-order valence-corrected chi connectivity index (χ1v) is 7.37. The molecule has 0 aliphatic rings. The van der Waals surface area contributed by atoms with Gasteiger partial charge in [0.25, 0.3) is 0 Å². The summed E-state index contributed by atoms with van der Waals surface area (Å²) in [5, 5.41) is 15.5. The van der Waals surface area contributed by atoms with Crippen LogP contribution >= 0.6 is 24.0 Å². The van der Waals surface area contributed by atoms with Gasteiger partial charge in [-0.2, -0.15) is 0 Å². The Balaban J connectivity index is 0.00000484. The Morgan fingerprint density at radius 2 is 2.04 bits per heavy atom. The lowest BCUT2D eigenvalue weighted by Gasteiger charge is -2.24. The summed E-state index contributed by atoms with van der Waals surface area (Å²) in [6.07, 6.45) is 0. The number of benzene rings is 1. The summed E-state index contributed by atoms with van der Waals surface area (Å²) in [5.74, 6) is 0.268. The molecule has 0 aromatic heterocycles. The number of aliphatic hydroxyl groups excluding tert-OH is 1. The Morgan fingerprint density at radius 1 is 1.35 bits per heavy atom. The molecular formula is C16H27FIN3O2. The molecule has 0 atom stereocenters. The fourth-order valence-electron chi connectivity index (χ4n) is 1.73. The predicted octanol–water partition coefficient (Wildman–Crippen LogP) is 2.42. The summed E-state index contributed by atoms with van der Waals surface area (Å²) in [4.78, 5) is 4.46. The van der Waals surface area contributed by atoms with Gasteiger partial charge in [0.05, 0.1) is 18.8 Å². The van der Waals surface area contributed by atoms with Crippen LogP contribution in [0.15, 0.2) is 23.2 Å². The smallest absolute Gasteiger partial charge is 0.191 e.